The van der Waals surface area contributed by atoms with Crippen molar-refractivity contribution in [3.8, 4) is 0 Å². The third-order valence-electron chi connectivity index (χ3n) is 3.86. The Hall–Kier alpha value is -1.12. The van der Waals surface area contributed by atoms with Crippen LogP contribution in [0.4, 0.5) is 0 Å². The first-order chi connectivity index (χ1) is 12.0. The molecule has 0 unspecified atom stereocenters. The van der Waals surface area contributed by atoms with E-state index in [0.29, 0.717) is 0 Å². The van der Waals surface area contributed by atoms with Crippen molar-refractivity contribution in [2.24, 2.45) is 0 Å². The van der Waals surface area contributed by atoms with E-state index < -0.39 is 60.2 Å². The molecular formula is C14H20O10S2. The number of aliphatic hydroxyl groups is 3. The highest BCUT2D eigenvalue weighted by molar-refractivity contribution is 8.65. The van der Waals surface area contributed by atoms with E-state index in [-0.39, 0.29) is 0 Å². The summed E-state index contributed by atoms with van der Waals surface area (Å²) >= 11 is 0. The van der Waals surface area contributed by atoms with Gasteiger partial charge in [0, 0.05) is 7.11 Å². The second kappa shape index (κ2) is 7.86. The van der Waals surface area contributed by atoms with Gasteiger partial charge in [0.15, 0.2) is 6.29 Å². The Kier molecular flexibility index (Phi) is 6.40. The summed E-state index contributed by atoms with van der Waals surface area (Å²) < 4.78 is 63.0. The zero-order valence-corrected chi connectivity index (χ0v) is 15.6. The maximum absolute atomic E-state index is 12.2. The zero-order chi connectivity index (χ0) is 19.7. The van der Waals surface area contributed by atoms with Gasteiger partial charge in [-0.2, -0.15) is 8.42 Å². The van der Waals surface area contributed by atoms with Gasteiger partial charge in [-0.1, -0.05) is 17.7 Å². The first-order valence-corrected chi connectivity index (χ1v) is 10.9. The van der Waals surface area contributed by atoms with Crippen LogP contribution in [0.5, 0.6) is 0 Å². The Labute approximate surface area is 150 Å². The van der Waals surface area contributed by atoms with Gasteiger partial charge in [0.1, 0.15) is 24.4 Å². The molecule has 1 fully saturated rings. The lowest BCUT2D eigenvalue weighted by molar-refractivity contribution is -0.293. The summed E-state index contributed by atoms with van der Waals surface area (Å²) in [5.41, 5.74) is 0.735. The van der Waals surface area contributed by atoms with Gasteiger partial charge in [-0.3, -0.25) is 4.18 Å². The van der Waals surface area contributed by atoms with Crippen molar-refractivity contribution in [3.63, 3.8) is 0 Å². The van der Waals surface area contributed by atoms with E-state index in [1.54, 1.807) is 6.92 Å². The molecular weight excluding hydrogens is 392 g/mol. The number of methoxy groups -OCH3 is 1. The van der Waals surface area contributed by atoms with Crippen molar-refractivity contribution < 1.29 is 45.8 Å². The quantitative estimate of drug-likeness (QED) is 0.469. The normalized spacial score (nSPS) is 30.3. The third kappa shape index (κ3) is 4.07. The summed E-state index contributed by atoms with van der Waals surface area (Å²) in [5.74, 6) is 0. The van der Waals surface area contributed by atoms with Crippen LogP contribution in [0, 0.1) is 6.92 Å². The molecule has 0 bridgehead atoms. The number of rotatable bonds is 6. The molecule has 2 rings (SSSR count). The van der Waals surface area contributed by atoms with Crippen LogP contribution in [0.3, 0.4) is 0 Å². The molecule has 1 aliphatic rings. The molecule has 0 spiro atoms. The van der Waals surface area contributed by atoms with Gasteiger partial charge in [0.25, 0.3) is 0 Å². The highest BCUT2D eigenvalue weighted by Crippen LogP contribution is 2.24. The van der Waals surface area contributed by atoms with Crippen molar-refractivity contribution in [1.29, 1.82) is 0 Å². The standard InChI is InChI=1S/C14H20O10S2/c1-8-3-5-9(6-4-8)25(18,19)26(20,21)23-7-10-11(15)12(16)13(17)14(22-2)24-10/h3-6,10-17H,7H2,1-2H3/t10-,11-,12+,13-,14+/m1/s1. The highest BCUT2D eigenvalue weighted by atomic mass is 33.2. The second-order valence-corrected chi connectivity index (χ2v) is 10.7. The van der Waals surface area contributed by atoms with E-state index in [2.05, 4.69) is 4.18 Å². The predicted molar refractivity (Wildman–Crippen MR) is 86.9 cm³/mol. The minimum Gasteiger partial charge on any atom is -0.387 e. The number of hydrogen-bond acceptors (Lipinski definition) is 10. The number of aliphatic hydroxyl groups excluding tert-OH is 3. The SMILES string of the molecule is CO[C@H]1O[C@H](COS(=O)(=O)S(=O)(=O)c2ccc(C)cc2)[C@@H](O)[C@H](O)[C@H]1O. The van der Waals surface area contributed by atoms with Gasteiger partial charge < -0.3 is 24.8 Å². The highest BCUT2D eigenvalue weighted by Gasteiger charge is 2.45. The maximum atomic E-state index is 12.2. The summed E-state index contributed by atoms with van der Waals surface area (Å²) in [6.45, 7) is 0.799. The minimum absolute atomic E-state index is 0.474. The van der Waals surface area contributed by atoms with E-state index >= 15 is 0 Å². The molecule has 12 heteroatoms. The monoisotopic (exact) mass is 412 g/mol. The summed E-state index contributed by atoms with van der Waals surface area (Å²) in [4.78, 5) is -0.474. The summed E-state index contributed by atoms with van der Waals surface area (Å²) in [6.07, 6.45) is -7.77. The van der Waals surface area contributed by atoms with Crippen LogP contribution in [0.15, 0.2) is 29.2 Å². The third-order valence-corrected chi connectivity index (χ3v) is 8.15. The van der Waals surface area contributed by atoms with Crippen LogP contribution >= 0.6 is 0 Å². The van der Waals surface area contributed by atoms with E-state index in [4.69, 9.17) is 9.47 Å². The molecule has 1 aromatic carbocycles. The van der Waals surface area contributed by atoms with Crippen LogP contribution < -0.4 is 0 Å². The molecule has 0 radical (unpaired) electrons. The second-order valence-electron chi connectivity index (χ2n) is 5.71. The van der Waals surface area contributed by atoms with Gasteiger partial charge >= 0.3 is 18.0 Å². The molecule has 1 saturated heterocycles. The van der Waals surface area contributed by atoms with Crippen molar-refractivity contribution in [3.05, 3.63) is 29.8 Å². The fourth-order valence-corrected chi connectivity index (χ4v) is 5.01. The van der Waals surface area contributed by atoms with Gasteiger partial charge in [0.2, 0.25) is 0 Å². The Morgan fingerprint density at radius 1 is 1.00 bits per heavy atom. The number of hydrogen-bond donors (Lipinski definition) is 3. The van der Waals surface area contributed by atoms with Crippen LogP contribution in [0.1, 0.15) is 5.56 Å². The number of aryl methyl sites for hydroxylation is 1. The first kappa shape index (κ1) is 21.2. The number of benzene rings is 1. The van der Waals surface area contributed by atoms with Crippen molar-refractivity contribution in [1.82, 2.24) is 0 Å². The van der Waals surface area contributed by atoms with Crippen molar-refractivity contribution >= 4 is 18.0 Å². The predicted octanol–water partition coefficient (Wildman–Crippen LogP) is -1.52. The molecule has 1 heterocycles. The van der Waals surface area contributed by atoms with Gasteiger partial charge in [-0.05, 0) is 19.1 Å². The molecule has 0 aromatic heterocycles. The largest absolute Gasteiger partial charge is 0.387 e. The van der Waals surface area contributed by atoms with Crippen LogP contribution in [0.25, 0.3) is 0 Å². The van der Waals surface area contributed by atoms with Gasteiger partial charge in [0.05, 0.1) is 11.5 Å². The zero-order valence-electron chi connectivity index (χ0n) is 13.9. The van der Waals surface area contributed by atoms with Crippen LogP contribution in [-0.4, -0.2) is 76.6 Å². The topological polar surface area (TPSA) is 157 Å². The molecule has 0 saturated carbocycles. The Balaban J connectivity index is 2.15. The summed E-state index contributed by atoms with van der Waals surface area (Å²) in [7, 11) is -8.79. The van der Waals surface area contributed by atoms with E-state index in [1.165, 1.54) is 12.1 Å². The van der Waals surface area contributed by atoms with E-state index in [1.807, 2.05) is 0 Å². The fourth-order valence-electron chi connectivity index (χ4n) is 2.29. The summed E-state index contributed by atoms with van der Waals surface area (Å²) in [5, 5.41) is 29.2. The molecule has 1 aliphatic heterocycles. The molecule has 1 aromatic rings. The lowest BCUT2D eigenvalue weighted by Gasteiger charge is -2.39. The molecule has 10 nitrogen and oxygen atoms in total. The molecule has 0 aliphatic carbocycles. The Bertz CT molecular complexity index is 816. The van der Waals surface area contributed by atoms with Crippen LogP contribution in [-0.2, 0) is 31.7 Å². The smallest absolute Gasteiger partial charge is 0.379 e. The lowest BCUT2D eigenvalue weighted by Crippen LogP contribution is -2.59. The lowest BCUT2D eigenvalue weighted by atomic mass is 9.99. The average Bonchev–Trinajstić information content (AvgIpc) is 2.59. The van der Waals surface area contributed by atoms with Gasteiger partial charge in [-0.15, -0.1) is 0 Å². The average molecular weight is 412 g/mol. The number of ether oxygens (including phenoxy) is 2. The molecule has 3 N–H and O–H groups in total. The molecule has 0 amide bonds. The van der Waals surface area contributed by atoms with Crippen LogP contribution in [0.2, 0.25) is 0 Å². The maximum Gasteiger partial charge on any atom is 0.379 e. The van der Waals surface area contributed by atoms with E-state index in [9.17, 15) is 32.2 Å². The van der Waals surface area contributed by atoms with Crippen molar-refractivity contribution in [2.75, 3.05) is 13.7 Å². The molecule has 26 heavy (non-hydrogen) atoms. The minimum atomic E-state index is -5.11. The summed E-state index contributed by atoms with van der Waals surface area (Å²) in [6, 6.07) is 5.10. The Morgan fingerprint density at radius 2 is 1.58 bits per heavy atom. The van der Waals surface area contributed by atoms with Crippen molar-refractivity contribution in [2.45, 2.75) is 42.5 Å². The Morgan fingerprint density at radius 3 is 2.12 bits per heavy atom. The first-order valence-electron chi connectivity index (χ1n) is 7.45. The van der Waals surface area contributed by atoms with E-state index in [0.717, 1.165) is 24.8 Å². The molecule has 5 atom stereocenters. The van der Waals surface area contributed by atoms with Gasteiger partial charge in [-0.25, -0.2) is 8.42 Å². The fraction of sp³-hybridized carbons (Fsp3) is 0.571. The molecule has 148 valence electrons.